The lowest BCUT2D eigenvalue weighted by Gasteiger charge is -2.46. The fourth-order valence-corrected chi connectivity index (χ4v) is 9.61. The highest BCUT2D eigenvalue weighted by molar-refractivity contribution is 5.76. The molecule has 2 aliphatic heterocycles. The Kier molecular flexibility index (Phi) is 44.6. The van der Waals surface area contributed by atoms with Crippen molar-refractivity contribution < 1.29 is 64.6 Å². The number of aliphatic hydroxyl groups excluding tert-OH is 8. The Morgan fingerprint density at radius 1 is 0.474 bits per heavy atom. The van der Waals surface area contributed by atoms with E-state index in [1.165, 1.54) is 109 Å². The monoisotopic (exact) mass is 1100 g/mol. The van der Waals surface area contributed by atoms with Crippen LogP contribution in [-0.2, 0) is 23.7 Å². The van der Waals surface area contributed by atoms with Gasteiger partial charge in [-0.05, 0) is 83.5 Å². The lowest BCUT2D eigenvalue weighted by molar-refractivity contribution is -0.359. The molecule has 0 aliphatic carbocycles. The first-order valence-corrected chi connectivity index (χ1v) is 30.8. The van der Waals surface area contributed by atoms with E-state index >= 15 is 0 Å². The van der Waals surface area contributed by atoms with Crippen molar-refractivity contribution in [3.8, 4) is 0 Å². The number of hydrogen-bond acceptors (Lipinski definition) is 13. The van der Waals surface area contributed by atoms with Gasteiger partial charge < -0.3 is 65.1 Å². The van der Waals surface area contributed by atoms with E-state index in [1.54, 1.807) is 6.08 Å². The number of unbranched alkanes of at least 4 members (excludes halogenated alkanes) is 23. The topological polar surface area (TPSA) is 228 Å². The van der Waals surface area contributed by atoms with Crippen molar-refractivity contribution >= 4 is 5.91 Å². The van der Waals surface area contributed by atoms with Crippen LogP contribution in [0.4, 0.5) is 0 Å². The molecule has 0 saturated carbocycles. The van der Waals surface area contributed by atoms with Gasteiger partial charge in [-0.1, -0.05) is 214 Å². The molecule has 450 valence electrons. The molecule has 2 rings (SSSR count). The molecule has 14 heteroatoms. The highest BCUT2D eigenvalue weighted by Gasteiger charge is 2.51. The van der Waals surface area contributed by atoms with E-state index in [4.69, 9.17) is 18.9 Å². The number of carbonyl (C=O) groups excluding carboxylic acids is 1. The molecular formula is C64H111NO13. The molecule has 2 saturated heterocycles. The summed E-state index contributed by atoms with van der Waals surface area (Å²) in [5.74, 6) is -0.258. The van der Waals surface area contributed by atoms with E-state index in [1.807, 2.05) is 6.08 Å². The Morgan fingerprint density at radius 2 is 0.897 bits per heavy atom. The molecule has 2 fully saturated rings. The van der Waals surface area contributed by atoms with Gasteiger partial charge in [-0.15, -0.1) is 0 Å². The van der Waals surface area contributed by atoms with Crippen LogP contribution in [0.1, 0.15) is 219 Å². The molecule has 0 bridgehead atoms. The zero-order valence-electron chi connectivity index (χ0n) is 48.4. The van der Waals surface area contributed by atoms with Crippen molar-refractivity contribution in [3.63, 3.8) is 0 Å². The van der Waals surface area contributed by atoms with Gasteiger partial charge in [-0.25, -0.2) is 0 Å². The quantitative estimate of drug-likeness (QED) is 0.0204. The van der Waals surface area contributed by atoms with E-state index in [-0.39, 0.29) is 18.9 Å². The maximum Gasteiger partial charge on any atom is 0.220 e. The van der Waals surface area contributed by atoms with Crippen LogP contribution in [0, 0.1) is 0 Å². The smallest absolute Gasteiger partial charge is 0.220 e. The van der Waals surface area contributed by atoms with Crippen LogP contribution in [0.25, 0.3) is 0 Å². The van der Waals surface area contributed by atoms with Crippen LogP contribution in [0.15, 0.2) is 85.1 Å². The van der Waals surface area contributed by atoms with Crippen LogP contribution >= 0.6 is 0 Å². The number of rotatable bonds is 48. The molecule has 0 aromatic heterocycles. The molecule has 0 radical (unpaired) electrons. The average molecular weight is 1100 g/mol. The minimum Gasteiger partial charge on any atom is -0.394 e. The van der Waals surface area contributed by atoms with Crippen molar-refractivity contribution in [2.24, 2.45) is 0 Å². The maximum absolute atomic E-state index is 13.3. The van der Waals surface area contributed by atoms with Crippen LogP contribution in [-0.4, -0.2) is 140 Å². The van der Waals surface area contributed by atoms with Gasteiger partial charge in [0, 0.05) is 6.42 Å². The summed E-state index contributed by atoms with van der Waals surface area (Å²) < 4.78 is 22.8. The molecule has 2 aliphatic rings. The highest BCUT2D eigenvalue weighted by Crippen LogP contribution is 2.30. The fraction of sp³-hybridized carbons (Fsp3) is 0.766. The van der Waals surface area contributed by atoms with Gasteiger partial charge >= 0.3 is 0 Å². The van der Waals surface area contributed by atoms with E-state index in [0.717, 1.165) is 77.0 Å². The largest absolute Gasteiger partial charge is 0.394 e. The fourth-order valence-electron chi connectivity index (χ4n) is 9.61. The molecule has 9 N–H and O–H groups in total. The Labute approximate surface area is 471 Å². The number of hydrogen-bond donors (Lipinski definition) is 9. The summed E-state index contributed by atoms with van der Waals surface area (Å²) in [5, 5.41) is 87.1. The minimum atomic E-state index is -1.80. The Balaban J connectivity index is 1.76. The van der Waals surface area contributed by atoms with Crippen LogP contribution in [0.5, 0.6) is 0 Å². The van der Waals surface area contributed by atoms with Crippen LogP contribution in [0.2, 0.25) is 0 Å². The summed E-state index contributed by atoms with van der Waals surface area (Å²) >= 11 is 0. The molecule has 2 heterocycles. The third-order valence-electron chi connectivity index (χ3n) is 14.5. The maximum atomic E-state index is 13.3. The van der Waals surface area contributed by atoms with Crippen molar-refractivity contribution in [2.45, 2.75) is 293 Å². The minimum absolute atomic E-state index is 0.258. The molecule has 78 heavy (non-hydrogen) atoms. The first kappa shape index (κ1) is 71.3. The Morgan fingerprint density at radius 3 is 1.41 bits per heavy atom. The Bertz CT molecular complexity index is 1630. The number of aliphatic hydroxyl groups is 8. The first-order chi connectivity index (χ1) is 38.1. The first-order valence-electron chi connectivity index (χ1n) is 30.8. The van der Waals surface area contributed by atoms with Crippen LogP contribution in [0.3, 0.4) is 0 Å². The van der Waals surface area contributed by atoms with Crippen molar-refractivity contribution in [1.29, 1.82) is 0 Å². The lowest BCUT2D eigenvalue weighted by Crippen LogP contribution is -2.65. The van der Waals surface area contributed by atoms with Crippen molar-refractivity contribution in [3.05, 3.63) is 85.1 Å². The van der Waals surface area contributed by atoms with Gasteiger partial charge in [-0.3, -0.25) is 4.79 Å². The van der Waals surface area contributed by atoms with Gasteiger partial charge in [0.1, 0.15) is 48.8 Å². The van der Waals surface area contributed by atoms with E-state index < -0.39 is 86.8 Å². The summed E-state index contributed by atoms with van der Waals surface area (Å²) in [7, 11) is 0. The number of allylic oxidation sites excluding steroid dienone is 13. The lowest BCUT2D eigenvalue weighted by atomic mass is 9.97. The van der Waals surface area contributed by atoms with Gasteiger partial charge in [0.05, 0.1) is 32.0 Å². The second-order valence-electron chi connectivity index (χ2n) is 21.4. The number of amides is 1. The Hall–Kier alpha value is -2.83. The highest BCUT2D eigenvalue weighted by atomic mass is 16.7. The number of carbonyl (C=O) groups is 1. The van der Waals surface area contributed by atoms with Gasteiger partial charge in [0.2, 0.25) is 5.91 Å². The molecule has 0 spiro atoms. The normalized spacial score (nSPS) is 25.2. The molecule has 0 aromatic rings. The summed E-state index contributed by atoms with van der Waals surface area (Å²) in [5.41, 5.74) is 0. The molecule has 14 nitrogen and oxygen atoms in total. The third kappa shape index (κ3) is 33.8. The third-order valence-corrected chi connectivity index (χ3v) is 14.5. The summed E-state index contributed by atoms with van der Waals surface area (Å²) in [6.45, 7) is 2.66. The van der Waals surface area contributed by atoms with Gasteiger partial charge in [0.15, 0.2) is 12.6 Å². The van der Waals surface area contributed by atoms with Crippen molar-refractivity contribution in [2.75, 3.05) is 19.8 Å². The predicted molar refractivity (Wildman–Crippen MR) is 313 cm³/mol. The number of ether oxygens (including phenoxy) is 4. The van der Waals surface area contributed by atoms with Gasteiger partial charge in [-0.2, -0.15) is 0 Å². The summed E-state index contributed by atoms with van der Waals surface area (Å²) in [4.78, 5) is 13.3. The SMILES string of the molecule is CC/C=C\C/C=C\C/C=C\C/C=C\CCCCCCCCCCCCCCC(=O)NC(COC1OC(CO)C(OC2OC(CO)C(O)C(O)C2O)C(O)C1O)C(O)/C=C/CC/C=C/CC/C=C/CCCCCCCCCCC. The van der Waals surface area contributed by atoms with Crippen LogP contribution < -0.4 is 5.32 Å². The molecule has 12 atom stereocenters. The van der Waals surface area contributed by atoms with E-state index in [2.05, 4.69) is 92.1 Å². The standard InChI is InChI=1S/C64H111NO13/c1-3-5-7-9-11-13-15-17-19-21-23-24-25-26-27-28-30-32-34-36-38-40-42-44-46-48-56(69)65-52(53(68)47-45-43-41-39-37-35-33-31-29-22-20-18-16-14-12-10-8-6-4-2)51-75-63-61(74)59(72)62(55(50-67)77-63)78-64-60(73)58(71)57(70)54(49-66)76-64/h5,7,11,13,17,19,23-24,29,31,37,39,45,47,52-55,57-64,66-68,70-74H,3-4,6,8-10,12,14-16,18,20-22,25-28,30,32-36,38,40-44,46,48-51H2,1-2H3,(H,65,69)/b7-5-,13-11-,19-17-,24-23-,31-29+,39-37+,47-45+. The van der Waals surface area contributed by atoms with Gasteiger partial charge in [0.25, 0.3) is 0 Å². The zero-order chi connectivity index (χ0) is 56.7. The summed E-state index contributed by atoms with van der Waals surface area (Å²) in [6.07, 6.45) is 49.0. The molecule has 1 amide bonds. The van der Waals surface area contributed by atoms with E-state index in [9.17, 15) is 45.6 Å². The average Bonchev–Trinajstić information content (AvgIpc) is 3.44. The second-order valence-corrected chi connectivity index (χ2v) is 21.4. The molecule has 0 aromatic carbocycles. The van der Waals surface area contributed by atoms with E-state index in [0.29, 0.717) is 12.8 Å². The molecule has 12 unspecified atom stereocenters. The number of nitrogens with one attached hydrogen (secondary N) is 1. The van der Waals surface area contributed by atoms with Crippen molar-refractivity contribution in [1.82, 2.24) is 5.32 Å². The molecular weight excluding hydrogens is 991 g/mol. The zero-order valence-corrected chi connectivity index (χ0v) is 48.4. The second kappa shape index (κ2) is 48.8. The summed E-state index contributed by atoms with van der Waals surface area (Å²) in [6, 6.07) is -0.944. The predicted octanol–water partition coefficient (Wildman–Crippen LogP) is 10.9.